The van der Waals surface area contributed by atoms with Crippen molar-refractivity contribution in [3.05, 3.63) is 53.9 Å². The van der Waals surface area contributed by atoms with E-state index in [-0.39, 0.29) is 5.95 Å². The summed E-state index contributed by atoms with van der Waals surface area (Å²) in [6.07, 6.45) is -1.07. The van der Waals surface area contributed by atoms with E-state index >= 15 is 0 Å². The molecule has 0 saturated heterocycles. The number of alkyl halides is 3. The van der Waals surface area contributed by atoms with Crippen LogP contribution in [0.2, 0.25) is 0 Å². The third-order valence-electron chi connectivity index (χ3n) is 4.21. The van der Waals surface area contributed by atoms with Crippen LogP contribution >= 0.6 is 0 Å². The van der Waals surface area contributed by atoms with E-state index in [1.807, 2.05) is 13.1 Å². The summed E-state index contributed by atoms with van der Waals surface area (Å²) < 4.78 is 47.1. The number of anilines is 2. The molecule has 0 atom stereocenters. The maximum absolute atomic E-state index is 13.3. The van der Waals surface area contributed by atoms with E-state index < -0.39 is 17.3 Å². The lowest BCUT2D eigenvalue weighted by atomic mass is 9.91. The molecule has 0 spiro atoms. The van der Waals surface area contributed by atoms with Crippen molar-refractivity contribution in [3.63, 3.8) is 0 Å². The van der Waals surface area contributed by atoms with Gasteiger partial charge in [-0.3, -0.25) is 0 Å². The van der Waals surface area contributed by atoms with Crippen LogP contribution in [0.25, 0.3) is 5.69 Å². The quantitative estimate of drug-likeness (QED) is 0.659. The van der Waals surface area contributed by atoms with Crippen LogP contribution in [-0.4, -0.2) is 26.6 Å². The van der Waals surface area contributed by atoms with Crippen LogP contribution in [0.15, 0.2) is 36.8 Å². The molecule has 0 saturated carbocycles. The number of ether oxygens (including phenoxy) is 1. The van der Waals surface area contributed by atoms with Gasteiger partial charge in [0, 0.05) is 23.4 Å². The van der Waals surface area contributed by atoms with Crippen molar-refractivity contribution >= 4 is 11.6 Å². The van der Waals surface area contributed by atoms with E-state index in [0.29, 0.717) is 17.1 Å². The van der Waals surface area contributed by atoms with Crippen LogP contribution < -0.4 is 10.1 Å². The van der Waals surface area contributed by atoms with E-state index in [9.17, 15) is 13.2 Å². The summed E-state index contributed by atoms with van der Waals surface area (Å²) in [5, 5.41) is 2.86. The van der Waals surface area contributed by atoms with E-state index in [2.05, 4.69) is 20.3 Å². The molecule has 3 rings (SSSR count). The minimum absolute atomic E-state index is 0.127. The monoisotopic (exact) mass is 405 g/mol. The Labute approximate surface area is 166 Å². The van der Waals surface area contributed by atoms with Gasteiger partial charge in [0.25, 0.3) is 0 Å². The van der Waals surface area contributed by atoms with Gasteiger partial charge in [0.05, 0.1) is 30.5 Å². The normalized spacial score (nSPS) is 12.1. The van der Waals surface area contributed by atoms with Crippen molar-refractivity contribution in [1.29, 1.82) is 0 Å². The molecule has 6 nitrogen and oxygen atoms in total. The lowest BCUT2D eigenvalue weighted by Crippen LogP contribution is -2.19. The van der Waals surface area contributed by atoms with Crippen LogP contribution in [0.3, 0.4) is 0 Å². The highest BCUT2D eigenvalue weighted by Gasteiger charge is 2.35. The fourth-order valence-electron chi connectivity index (χ4n) is 2.68. The van der Waals surface area contributed by atoms with E-state index in [4.69, 9.17) is 4.74 Å². The molecule has 0 fully saturated rings. The number of halogens is 3. The number of rotatable bonds is 4. The average molecular weight is 405 g/mol. The molecule has 0 radical (unpaired) electrons. The predicted molar refractivity (Wildman–Crippen MR) is 104 cm³/mol. The van der Waals surface area contributed by atoms with Crippen molar-refractivity contribution in [3.8, 4) is 11.4 Å². The van der Waals surface area contributed by atoms with Gasteiger partial charge in [-0.25, -0.2) is 15.0 Å². The fourth-order valence-corrected chi connectivity index (χ4v) is 2.68. The summed E-state index contributed by atoms with van der Waals surface area (Å²) in [4.78, 5) is 12.1. The summed E-state index contributed by atoms with van der Waals surface area (Å²) in [5.74, 6) is 0.397. The van der Waals surface area contributed by atoms with Crippen molar-refractivity contribution in [2.24, 2.45) is 0 Å². The molecule has 0 aliphatic heterocycles. The molecule has 2 aromatic heterocycles. The number of methoxy groups -OCH3 is 1. The van der Waals surface area contributed by atoms with E-state index in [1.165, 1.54) is 7.11 Å². The first-order valence-electron chi connectivity index (χ1n) is 8.90. The molecular weight excluding hydrogens is 383 g/mol. The first-order valence-corrected chi connectivity index (χ1v) is 8.90. The zero-order valence-electron chi connectivity index (χ0n) is 16.8. The van der Waals surface area contributed by atoms with Gasteiger partial charge in [0.15, 0.2) is 0 Å². The first kappa shape index (κ1) is 20.6. The van der Waals surface area contributed by atoms with Gasteiger partial charge >= 0.3 is 6.18 Å². The Morgan fingerprint density at radius 3 is 2.28 bits per heavy atom. The Hall–Kier alpha value is -3.10. The second-order valence-corrected chi connectivity index (χ2v) is 7.64. The van der Waals surface area contributed by atoms with Gasteiger partial charge in [-0.2, -0.15) is 13.2 Å². The standard InChI is InChI=1S/C20H22F3N5O/c1-12-10-28(11-24-12)14-7-6-13(8-15(14)29-5)25-18-26-16(19(2,3)4)9-17(27-18)20(21,22)23/h6-11H,1-5H3,(H,25,26,27). The van der Waals surface area contributed by atoms with Gasteiger partial charge in [-0.1, -0.05) is 20.8 Å². The molecule has 154 valence electrons. The van der Waals surface area contributed by atoms with Gasteiger partial charge < -0.3 is 14.6 Å². The number of hydrogen-bond acceptors (Lipinski definition) is 5. The second-order valence-electron chi connectivity index (χ2n) is 7.64. The SMILES string of the molecule is COc1cc(Nc2nc(C(C)(C)C)cc(C(F)(F)F)n2)ccc1-n1cnc(C)c1. The first-order chi connectivity index (χ1) is 13.5. The molecule has 0 aliphatic rings. The Bertz CT molecular complexity index is 989. The maximum Gasteiger partial charge on any atom is 0.433 e. The maximum atomic E-state index is 13.3. The zero-order chi connectivity index (χ0) is 21.4. The lowest BCUT2D eigenvalue weighted by molar-refractivity contribution is -0.141. The minimum atomic E-state index is -4.57. The van der Waals surface area contributed by atoms with Crippen molar-refractivity contribution in [2.45, 2.75) is 39.3 Å². The van der Waals surface area contributed by atoms with Crippen LogP contribution in [0.1, 0.15) is 37.9 Å². The Morgan fingerprint density at radius 1 is 1.03 bits per heavy atom. The summed E-state index contributed by atoms with van der Waals surface area (Å²) in [5.41, 5.74) is 0.833. The lowest BCUT2D eigenvalue weighted by Gasteiger charge is -2.20. The van der Waals surface area contributed by atoms with Gasteiger partial charge in [-0.15, -0.1) is 0 Å². The highest BCUT2D eigenvalue weighted by atomic mass is 19.4. The molecule has 0 bridgehead atoms. The van der Waals surface area contributed by atoms with Crippen molar-refractivity contribution < 1.29 is 17.9 Å². The number of aromatic nitrogens is 4. The van der Waals surface area contributed by atoms with E-state index in [0.717, 1.165) is 17.4 Å². The molecule has 0 aliphatic carbocycles. The Kier molecular flexibility index (Phi) is 5.25. The van der Waals surface area contributed by atoms with Gasteiger partial charge in [0.1, 0.15) is 11.4 Å². The van der Waals surface area contributed by atoms with Gasteiger partial charge in [0.2, 0.25) is 5.95 Å². The highest BCUT2D eigenvalue weighted by Crippen LogP contribution is 2.33. The molecule has 0 amide bonds. The molecule has 1 aromatic carbocycles. The third kappa shape index (κ3) is 4.67. The van der Waals surface area contributed by atoms with Crippen LogP contribution in [0.4, 0.5) is 24.8 Å². The molecule has 3 aromatic rings. The molecule has 2 heterocycles. The summed E-state index contributed by atoms with van der Waals surface area (Å²) in [6, 6.07) is 6.15. The average Bonchev–Trinajstić information content (AvgIpc) is 3.06. The van der Waals surface area contributed by atoms with Gasteiger partial charge in [-0.05, 0) is 25.1 Å². The summed E-state index contributed by atoms with van der Waals surface area (Å²) in [6.45, 7) is 7.26. The largest absolute Gasteiger partial charge is 0.494 e. The molecule has 9 heteroatoms. The molecule has 0 unspecified atom stereocenters. The summed E-state index contributed by atoms with van der Waals surface area (Å²) >= 11 is 0. The fraction of sp³-hybridized carbons (Fsp3) is 0.350. The molecule has 1 N–H and O–H groups in total. The third-order valence-corrected chi connectivity index (χ3v) is 4.21. The number of nitrogens with zero attached hydrogens (tertiary/aromatic N) is 4. The smallest absolute Gasteiger partial charge is 0.433 e. The number of nitrogens with one attached hydrogen (secondary N) is 1. The number of benzene rings is 1. The minimum Gasteiger partial charge on any atom is -0.494 e. The van der Waals surface area contributed by atoms with E-state index in [1.54, 1.807) is 49.9 Å². The highest BCUT2D eigenvalue weighted by molar-refractivity contribution is 5.62. The van der Waals surface area contributed by atoms with Crippen LogP contribution in [-0.2, 0) is 11.6 Å². The zero-order valence-corrected chi connectivity index (χ0v) is 16.8. The molecular formula is C20H22F3N5O. The molecule has 29 heavy (non-hydrogen) atoms. The Balaban J connectivity index is 1.99. The van der Waals surface area contributed by atoms with Crippen molar-refractivity contribution in [2.75, 3.05) is 12.4 Å². The van der Waals surface area contributed by atoms with Crippen molar-refractivity contribution in [1.82, 2.24) is 19.5 Å². The number of imidazole rings is 1. The predicted octanol–water partition coefficient (Wildman–Crippen LogP) is 5.04. The summed E-state index contributed by atoms with van der Waals surface area (Å²) in [7, 11) is 1.52. The Morgan fingerprint density at radius 2 is 1.72 bits per heavy atom. The van der Waals surface area contributed by atoms with Crippen LogP contribution in [0, 0.1) is 6.92 Å². The number of aryl methyl sites for hydroxylation is 1. The van der Waals surface area contributed by atoms with Crippen LogP contribution in [0.5, 0.6) is 5.75 Å². The second kappa shape index (κ2) is 7.38. The topological polar surface area (TPSA) is 64.9 Å². The number of hydrogen-bond donors (Lipinski definition) is 1.